The number of likely N-dealkylation sites (N-methyl/N-ethyl adjacent to an activating group) is 1. The number of nitrogens with one attached hydrogen (secondary N) is 1. The lowest BCUT2D eigenvalue weighted by molar-refractivity contribution is 0.0339. The Balaban J connectivity index is 1.86. The van der Waals surface area contributed by atoms with Crippen LogP contribution in [0, 0.1) is 0 Å². The molecule has 2 aromatic carbocycles. The van der Waals surface area contributed by atoms with E-state index in [2.05, 4.69) is 52.7 Å². The smallest absolute Gasteiger partial charge is 0.0594 e. The molecule has 3 nitrogen and oxygen atoms in total. The van der Waals surface area contributed by atoms with Crippen molar-refractivity contribution in [1.29, 1.82) is 0 Å². The van der Waals surface area contributed by atoms with Crippen LogP contribution < -0.4 is 5.32 Å². The summed E-state index contributed by atoms with van der Waals surface area (Å²) in [5.74, 6) is 0. The van der Waals surface area contributed by atoms with Crippen molar-refractivity contribution in [1.82, 2.24) is 10.2 Å². The van der Waals surface area contributed by atoms with E-state index in [1.54, 1.807) is 0 Å². The van der Waals surface area contributed by atoms with Crippen molar-refractivity contribution in [2.75, 3.05) is 39.9 Å². The molecule has 1 heterocycles. The van der Waals surface area contributed by atoms with E-state index in [1.807, 2.05) is 7.05 Å². The zero-order valence-electron chi connectivity index (χ0n) is 12.0. The Morgan fingerprint density at radius 1 is 1.10 bits per heavy atom. The van der Waals surface area contributed by atoms with Gasteiger partial charge >= 0.3 is 0 Å². The van der Waals surface area contributed by atoms with Gasteiger partial charge in [-0.05, 0) is 23.4 Å². The minimum absolute atomic E-state index is 0.360. The van der Waals surface area contributed by atoms with E-state index < -0.39 is 0 Å². The highest BCUT2D eigenvalue weighted by molar-refractivity contribution is 5.86. The van der Waals surface area contributed by atoms with Gasteiger partial charge in [0.15, 0.2) is 0 Å². The molecule has 0 saturated carbocycles. The Morgan fingerprint density at radius 3 is 2.65 bits per heavy atom. The quantitative estimate of drug-likeness (QED) is 0.923. The molecule has 3 heteroatoms. The van der Waals surface area contributed by atoms with Gasteiger partial charge in [-0.15, -0.1) is 0 Å². The van der Waals surface area contributed by atoms with Crippen LogP contribution in [0.2, 0.25) is 0 Å². The monoisotopic (exact) mass is 270 g/mol. The minimum atomic E-state index is 0.360. The van der Waals surface area contributed by atoms with Gasteiger partial charge in [-0.3, -0.25) is 4.90 Å². The van der Waals surface area contributed by atoms with Crippen LogP contribution in [0.3, 0.4) is 0 Å². The number of nitrogens with zero attached hydrogens (tertiary/aromatic N) is 1. The molecule has 0 bridgehead atoms. The highest BCUT2D eigenvalue weighted by Gasteiger charge is 2.18. The summed E-state index contributed by atoms with van der Waals surface area (Å²) in [5, 5.41) is 6.14. The molecule has 1 aliphatic rings. The summed E-state index contributed by atoms with van der Waals surface area (Å²) in [6.45, 7) is 4.80. The van der Waals surface area contributed by atoms with Crippen molar-refractivity contribution in [2.45, 2.75) is 6.04 Å². The number of fused-ring (bicyclic) bond motifs is 1. The first kappa shape index (κ1) is 13.6. The summed E-state index contributed by atoms with van der Waals surface area (Å²) in [5.41, 5.74) is 1.39. The lowest BCUT2D eigenvalue weighted by atomic mass is 9.98. The third-order valence-corrected chi connectivity index (χ3v) is 4.09. The standard InChI is InChI=1S/C17H22N2O/c1-18-17(13-19-9-11-20-12-10-19)16-8-4-6-14-5-2-3-7-15(14)16/h2-8,17-18H,9-13H2,1H3. The van der Waals surface area contributed by atoms with Gasteiger partial charge in [-0.2, -0.15) is 0 Å². The molecule has 0 spiro atoms. The summed E-state index contributed by atoms with van der Waals surface area (Å²) in [6, 6.07) is 15.6. The van der Waals surface area contributed by atoms with E-state index in [4.69, 9.17) is 4.74 Å². The Bertz CT molecular complexity index is 558. The lowest BCUT2D eigenvalue weighted by Crippen LogP contribution is -2.41. The second-order valence-corrected chi connectivity index (χ2v) is 5.32. The van der Waals surface area contributed by atoms with Crippen LogP contribution in [0.5, 0.6) is 0 Å². The van der Waals surface area contributed by atoms with Gasteiger partial charge in [-0.1, -0.05) is 42.5 Å². The molecule has 20 heavy (non-hydrogen) atoms. The summed E-state index contributed by atoms with van der Waals surface area (Å²) in [6.07, 6.45) is 0. The normalized spacial score (nSPS) is 18.2. The molecule has 0 aliphatic carbocycles. The molecule has 1 unspecified atom stereocenters. The van der Waals surface area contributed by atoms with Crippen LogP contribution in [-0.4, -0.2) is 44.8 Å². The Morgan fingerprint density at radius 2 is 1.85 bits per heavy atom. The van der Waals surface area contributed by atoms with Crippen LogP contribution in [-0.2, 0) is 4.74 Å². The van der Waals surface area contributed by atoms with Gasteiger partial charge in [0.1, 0.15) is 0 Å². The fourth-order valence-corrected chi connectivity index (χ4v) is 2.94. The maximum absolute atomic E-state index is 5.43. The first-order valence-corrected chi connectivity index (χ1v) is 7.33. The Labute approximate surface area is 120 Å². The third kappa shape index (κ3) is 2.85. The van der Waals surface area contributed by atoms with Crippen molar-refractivity contribution in [3.63, 3.8) is 0 Å². The van der Waals surface area contributed by atoms with E-state index >= 15 is 0 Å². The van der Waals surface area contributed by atoms with Crippen LogP contribution in [0.15, 0.2) is 42.5 Å². The molecule has 1 N–H and O–H groups in total. The van der Waals surface area contributed by atoms with Crippen LogP contribution in [0.25, 0.3) is 10.8 Å². The first-order valence-electron chi connectivity index (χ1n) is 7.33. The largest absolute Gasteiger partial charge is 0.379 e. The highest BCUT2D eigenvalue weighted by Crippen LogP contribution is 2.25. The molecule has 0 aromatic heterocycles. The highest BCUT2D eigenvalue weighted by atomic mass is 16.5. The number of benzene rings is 2. The SMILES string of the molecule is CNC(CN1CCOCC1)c1cccc2ccccc12. The van der Waals surface area contributed by atoms with Crippen molar-refractivity contribution in [3.8, 4) is 0 Å². The fraction of sp³-hybridized carbons (Fsp3) is 0.412. The van der Waals surface area contributed by atoms with Gasteiger partial charge in [0.2, 0.25) is 0 Å². The van der Waals surface area contributed by atoms with Crippen molar-refractivity contribution < 1.29 is 4.74 Å². The molecule has 106 valence electrons. The van der Waals surface area contributed by atoms with E-state index in [-0.39, 0.29) is 0 Å². The Hall–Kier alpha value is -1.42. The van der Waals surface area contributed by atoms with Crippen LogP contribution in [0.4, 0.5) is 0 Å². The van der Waals surface area contributed by atoms with Crippen molar-refractivity contribution in [3.05, 3.63) is 48.0 Å². The maximum Gasteiger partial charge on any atom is 0.0594 e. The predicted octanol–water partition coefficient (Wildman–Crippen LogP) is 2.43. The van der Waals surface area contributed by atoms with E-state index in [0.29, 0.717) is 6.04 Å². The number of morpholine rings is 1. The predicted molar refractivity (Wildman–Crippen MR) is 83.0 cm³/mol. The molecule has 1 saturated heterocycles. The third-order valence-electron chi connectivity index (χ3n) is 4.09. The van der Waals surface area contributed by atoms with Gasteiger partial charge in [0.25, 0.3) is 0 Å². The number of hydrogen-bond acceptors (Lipinski definition) is 3. The molecule has 3 rings (SSSR count). The lowest BCUT2D eigenvalue weighted by Gasteiger charge is -2.31. The van der Waals surface area contributed by atoms with Gasteiger partial charge in [0.05, 0.1) is 13.2 Å². The fourth-order valence-electron chi connectivity index (χ4n) is 2.94. The summed E-state index contributed by atoms with van der Waals surface area (Å²) in [4.78, 5) is 2.48. The van der Waals surface area contributed by atoms with Crippen LogP contribution in [0.1, 0.15) is 11.6 Å². The molecule has 1 atom stereocenters. The van der Waals surface area contributed by atoms with Crippen molar-refractivity contribution in [2.24, 2.45) is 0 Å². The molecular formula is C17H22N2O. The summed E-state index contributed by atoms with van der Waals surface area (Å²) < 4.78 is 5.43. The minimum Gasteiger partial charge on any atom is -0.379 e. The maximum atomic E-state index is 5.43. The number of rotatable bonds is 4. The number of ether oxygens (including phenoxy) is 1. The average Bonchev–Trinajstić information content (AvgIpc) is 2.53. The van der Waals surface area contributed by atoms with Crippen molar-refractivity contribution >= 4 is 10.8 Å². The van der Waals surface area contributed by atoms with Crippen LogP contribution >= 0.6 is 0 Å². The molecule has 1 fully saturated rings. The second-order valence-electron chi connectivity index (χ2n) is 5.32. The summed E-state index contributed by atoms with van der Waals surface area (Å²) in [7, 11) is 2.05. The molecule has 2 aromatic rings. The van der Waals surface area contributed by atoms with Gasteiger partial charge < -0.3 is 10.1 Å². The molecule has 0 radical (unpaired) electrons. The molecule has 0 amide bonds. The van der Waals surface area contributed by atoms with E-state index in [0.717, 1.165) is 32.8 Å². The zero-order valence-corrected chi connectivity index (χ0v) is 12.0. The molecular weight excluding hydrogens is 248 g/mol. The molecule has 1 aliphatic heterocycles. The van der Waals surface area contributed by atoms with Gasteiger partial charge in [-0.25, -0.2) is 0 Å². The van der Waals surface area contributed by atoms with Gasteiger partial charge in [0, 0.05) is 25.7 Å². The topological polar surface area (TPSA) is 24.5 Å². The van der Waals surface area contributed by atoms with E-state index in [1.165, 1.54) is 16.3 Å². The first-order chi connectivity index (χ1) is 9.88. The second kappa shape index (κ2) is 6.35. The summed E-state index contributed by atoms with van der Waals surface area (Å²) >= 11 is 0. The zero-order chi connectivity index (χ0) is 13.8. The van der Waals surface area contributed by atoms with E-state index in [9.17, 15) is 0 Å². The number of hydrogen-bond donors (Lipinski definition) is 1. The average molecular weight is 270 g/mol. The Kier molecular flexibility index (Phi) is 4.31.